The predicted octanol–water partition coefficient (Wildman–Crippen LogP) is 4.70. The van der Waals surface area contributed by atoms with E-state index in [0.717, 1.165) is 10.2 Å². The van der Waals surface area contributed by atoms with Gasteiger partial charge in [-0.3, -0.25) is 4.79 Å². The van der Waals surface area contributed by atoms with E-state index in [0.29, 0.717) is 11.4 Å². The summed E-state index contributed by atoms with van der Waals surface area (Å²) < 4.78 is 47.0. The number of nitrogens with one attached hydrogen (secondary N) is 2. The molecule has 146 valence electrons. The van der Waals surface area contributed by atoms with E-state index in [1.54, 1.807) is 24.3 Å². The number of amides is 1. The smallest absolute Gasteiger partial charge is 0.410 e. The monoisotopic (exact) mass is 390 g/mol. The van der Waals surface area contributed by atoms with Gasteiger partial charge in [-0.05, 0) is 30.7 Å². The lowest BCUT2D eigenvalue weighted by atomic mass is 10.0. The van der Waals surface area contributed by atoms with Gasteiger partial charge in [-0.25, -0.2) is 4.68 Å². The Morgan fingerprint density at radius 2 is 2.07 bits per heavy atom. The number of halogens is 3. The second-order valence-electron chi connectivity index (χ2n) is 6.63. The molecule has 0 spiro atoms. The van der Waals surface area contributed by atoms with Crippen LogP contribution >= 0.6 is 0 Å². The lowest BCUT2D eigenvalue weighted by Crippen LogP contribution is -2.35. The third-order valence-corrected chi connectivity index (χ3v) is 4.70. The topological polar surface area (TPSA) is 72.1 Å². The molecule has 2 atom stereocenters. The van der Waals surface area contributed by atoms with E-state index in [1.165, 1.54) is 12.3 Å². The Bertz CT molecular complexity index is 995. The van der Waals surface area contributed by atoms with E-state index < -0.39 is 24.2 Å². The van der Waals surface area contributed by atoms with Gasteiger partial charge in [0.2, 0.25) is 0 Å². The van der Waals surface area contributed by atoms with E-state index in [-0.39, 0.29) is 17.9 Å². The molecule has 9 heteroatoms. The molecule has 4 rings (SSSR count). The maximum atomic E-state index is 13.6. The van der Waals surface area contributed by atoms with Gasteiger partial charge in [-0.2, -0.15) is 18.3 Å². The molecule has 2 aromatic heterocycles. The molecule has 0 fully saturated rings. The Balaban J connectivity index is 1.65. The van der Waals surface area contributed by atoms with Crippen molar-refractivity contribution in [3.8, 4) is 0 Å². The van der Waals surface area contributed by atoms with Gasteiger partial charge in [0.05, 0.1) is 12.3 Å². The van der Waals surface area contributed by atoms with Gasteiger partial charge in [0.25, 0.3) is 5.91 Å². The molecular formula is C19H17F3N4O2. The zero-order valence-corrected chi connectivity index (χ0v) is 14.8. The SMILES string of the molecule is Cc1ccccc1NC(=O)c1cc2n(n1)[C@@H](C(F)(F)F)C[C@@H](c1ccco1)N2. The molecule has 0 unspecified atom stereocenters. The highest BCUT2D eigenvalue weighted by Crippen LogP contribution is 2.43. The number of nitrogens with zero attached hydrogens (tertiary/aromatic N) is 2. The number of aromatic nitrogens is 2. The number of furan rings is 1. The first-order chi connectivity index (χ1) is 13.3. The number of benzene rings is 1. The predicted molar refractivity (Wildman–Crippen MR) is 96.1 cm³/mol. The molecule has 0 saturated carbocycles. The molecular weight excluding hydrogens is 373 g/mol. The van der Waals surface area contributed by atoms with Crippen LogP contribution < -0.4 is 10.6 Å². The van der Waals surface area contributed by atoms with Crippen molar-refractivity contribution in [2.75, 3.05) is 10.6 Å². The van der Waals surface area contributed by atoms with Crippen molar-refractivity contribution in [1.82, 2.24) is 9.78 Å². The van der Waals surface area contributed by atoms with Crippen molar-refractivity contribution in [1.29, 1.82) is 0 Å². The Hall–Kier alpha value is -3.23. The highest BCUT2D eigenvalue weighted by molar-refractivity contribution is 6.03. The average molecular weight is 390 g/mol. The number of alkyl halides is 3. The number of rotatable bonds is 3. The zero-order chi connectivity index (χ0) is 19.9. The van der Waals surface area contributed by atoms with Crippen LogP contribution in [0.25, 0.3) is 0 Å². The van der Waals surface area contributed by atoms with Crippen molar-refractivity contribution < 1.29 is 22.4 Å². The molecule has 0 radical (unpaired) electrons. The van der Waals surface area contributed by atoms with Crippen molar-refractivity contribution in [3.05, 3.63) is 65.7 Å². The Labute approximate surface area is 158 Å². The van der Waals surface area contributed by atoms with Crippen molar-refractivity contribution in [2.24, 2.45) is 0 Å². The first-order valence-electron chi connectivity index (χ1n) is 8.66. The molecule has 3 heterocycles. The van der Waals surface area contributed by atoms with Crippen LogP contribution in [0.3, 0.4) is 0 Å². The van der Waals surface area contributed by atoms with Gasteiger partial charge < -0.3 is 15.1 Å². The van der Waals surface area contributed by atoms with Gasteiger partial charge in [-0.1, -0.05) is 18.2 Å². The van der Waals surface area contributed by atoms with Crippen LogP contribution in [0.1, 0.15) is 40.3 Å². The minimum atomic E-state index is -4.52. The summed E-state index contributed by atoms with van der Waals surface area (Å²) in [6.07, 6.45) is -3.39. The lowest BCUT2D eigenvalue weighted by Gasteiger charge is -2.32. The lowest BCUT2D eigenvalue weighted by molar-refractivity contribution is -0.174. The van der Waals surface area contributed by atoms with Crippen LogP contribution in [0.2, 0.25) is 0 Å². The molecule has 0 aliphatic carbocycles. The zero-order valence-electron chi connectivity index (χ0n) is 14.8. The average Bonchev–Trinajstić information content (AvgIpc) is 3.31. The number of hydrogen-bond acceptors (Lipinski definition) is 4. The summed E-state index contributed by atoms with van der Waals surface area (Å²) in [6.45, 7) is 1.82. The van der Waals surface area contributed by atoms with Gasteiger partial charge in [0.15, 0.2) is 11.7 Å². The van der Waals surface area contributed by atoms with E-state index in [2.05, 4.69) is 15.7 Å². The van der Waals surface area contributed by atoms with Gasteiger partial charge in [0, 0.05) is 18.2 Å². The van der Waals surface area contributed by atoms with Crippen molar-refractivity contribution in [3.63, 3.8) is 0 Å². The number of para-hydroxylation sites is 1. The van der Waals surface area contributed by atoms with E-state index in [9.17, 15) is 18.0 Å². The van der Waals surface area contributed by atoms with E-state index >= 15 is 0 Å². The van der Waals surface area contributed by atoms with Crippen molar-refractivity contribution in [2.45, 2.75) is 31.6 Å². The molecule has 6 nitrogen and oxygen atoms in total. The number of aryl methyl sites for hydroxylation is 1. The summed E-state index contributed by atoms with van der Waals surface area (Å²) in [5.41, 5.74) is 1.32. The van der Waals surface area contributed by atoms with Gasteiger partial charge in [-0.15, -0.1) is 0 Å². The molecule has 28 heavy (non-hydrogen) atoms. The summed E-state index contributed by atoms with van der Waals surface area (Å²) in [5, 5.41) is 9.60. The van der Waals surface area contributed by atoms with Crippen LogP contribution in [-0.4, -0.2) is 21.9 Å². The van der Waals surface area contributed by atoms with Crippen LogP contribution in [0.5, 0.6) is 0 Å². The minimum absolute atomic E-state index is 0.0971. The highest BCUT2D eigenvalue weighted by Gasteiger charge is 2.47. The fourth-order valence-electron chi connectivity index (χ4n) is 3.26. The third kappa shape index (κ3) is 3.35. The molecule has 1 aliphatic rings. The van der Waals surface area contributed by atoms with Crippen molar-refractivity contribution >= 4 is 17.4 Å². The van der Waals surface area contributed by atoms with Crippen LogP contribution in [0, 0.1) is 6.92 Å². The first kappa shape index (κ1) is 18.1. The maximum Gasteiger partial charge on any atom is 0.410 e. The second-order valence-corrected chi connectivity index (χ2v) is 6.63. The van der Waals surface area contributed by atoms with E-state index in [4.69, 9.17) is 4.42 Å². The minimum Gasteiger partial charge on any atom is -0.467 e. The molecule has 0 bridgehead atoms. The number of fused-ring (bicyclic) bond motifs is 1. The normalized spacial score (nSPS) is 19.0. The van der Waals surface area contributed by atoms with Crippen LogP contribution in [0.15, 0.2) is 53.1 Å². The second kappa shape index (κ2) is 6.74. The molecule has 2 N–H and O–H groups in total. The number of hydrogen-bond donors (Lipinski definition) is 2. The Morgan fingerprint density at radius 1 is 1.29 bits per heavy atom. The number of anilines is 2. The molecule has 1 aromatic carbocycles. The van der Waals surface area contributed by atoms with Crippen LogP contribution in [0.4, 0.5) is 24.7 Å². The Morgan fingerprint density at radius 3 is 2.75 bits per heavy atom. The summed E-state index contributed by atoms with van der Waals surface area (Å²) >= 11 is 0. The Kier molecular flexibility index (Phi) is 4.37. The van der Waals surface area contributed by atoms with Gasteiger partial charge in [0.1, 0.15) is 11.6 Å². The highest BCUT2D eigenvalue weighted by atomic mass is 19.4. The summed E-state index contributed by atoms with van der Waals surface area (Å²) in [7, 11) is 0. The quantitative estimate of drug-likeness (QED) is 0.680. The standard InChI is InChI=1S/C19H17F3N4O2/c1-11-5-2-3-6-12(11)24-18(27)14-10-17-23-13(15-7-4-8-28-15)9-16(19(20,21)22)26(17)25-14/h2-8,10,13,16,23H,9H2,1H3,(H,24,27)/t13-,16+/m0/s1. The fraction of sp³-hybridized carbons (Fsp3) is 0.263. The first-order valence-corrected chi connectivity index (χ1v) is 8.66. The molecule has 3 aromatic rings. The molecule has 1 amide bonds. The van der Waals surface area contributed by atoms with Crippen LogP contribution in [-0.2, 0) is 0 Å². The molecule has 1 aliphatic heterocycles. The number of carbonyl (C=O) groups excluding carboxylic acids is 1. The largest absolute Gasteiger partial charge is 0.467 e. The maximum absolute atomic E-state index is 13.6. The molecule has 0 saturated heterocycles. The summed E-state index contributed by atoms with van der Waals surface area (Å²) in [4.78, 5) is 12.5. The summed E-state index contributed by atoms with van der Waals surface area (Å²) in [6, 6.07) is 9.15. The fourth-order valence-corrected chi connectivity index (χ4v) is 3.26. The van der Waals surface area contributed by atoms with E-state index in [1.807, 2.05) is 19.1 Å². The summed E-state index contributed by atoms with van der Waals surface area (Å²) in [5.74, 6) is -0.0639. The number of carbonyl (C=O) groups is 1. The van der Waals surface area contributed by atoms with Gasteiger partial charge >= 0.3 is 6.18 Å². The third-order valence-electron chi connectivity index (χ3n) is 4.70.